The van der Waals surface area contributed by atoms with Gasteiger partial charge in [0.15, 0.2) is 0 Å². The number of hydrogen-bond acceptors (Lipinski definition) is 3. The number of aliphatic imine (C=N–C) groups is 1. The molecule has 50 valence electrons. The van der Waals surface area contributed by atoms with Crippen molar-refractivity contribution in [2.75, 3.05) is 6.54 Å². The highest BCUT2D eigenvalue weighted by Gasteiger charge is 1.96. The van der Waals surface area contributed by atoms with E-state index < -0.39 is 6.10 Å². The summed E-state index contributed by atoms with van der Waals surface area (Å²) in [6, 6.07) is 0. The molecule has 1 N–H and O–H groups in total. The van der Waals surface area contributed by atoms with Crippen molar-refractivity contribution in [1.82, 2.24) is 0 Å². The number of rotatable bonds is 4. The third-order valence-corrected chi connectivity index (χ3v) is 0.934. The molecule has 1 unspecified atom stereocenters. The monoisotopic (exact) mass is 143 g/mol. The van der Waals surface area contributed by atoms with Gasteiger partial charge in [-0.2, -0.15) is 0 Å². The van der Waals surface area contributed by atoms with Crippen LogP contribution in [0.25, 0.3) is 0 Å². The summed E-state index contributed by atoms with van der Waals surface area (Å²) in [5, 5.41) is 11.1. The van der Waals surface area contributed by atoms with Gasteiger partial charge >= 0.3 is 0 Å². The van der Waals surface area contributed by atoms with Gasteiger partial charge in [0.2, 0.25) is 0 Å². The fraction of sp³-hybridized carbons (Fsp3) is 0.500. The van der Waals surface area contributed by atoms with E-state index >= 15 is 0 Å². The molecule has 0 heterocycles. The molecule has 2 nitrogen and oxygen atoms in total. The van der Waals surface area contributed by atoms with E-state index in [0.717, 1.165) is 0 Å². The van der Waals surface area contributed by atoms with Crippen LogP contribution >= 0.6 is 12.2 Å². The van der Waals surface area contributed by atoms with Crippen molar-refractivity contribution in [1.29, 1.82) is 0 Å². The zero-order chi connectivity index (χ0) is 7.11. The largest absolute Gasteiger partial charge is 0.391 e. The quantitative estimate of drug-likeness (QED) is 0.362. The Morgan fingerprint density at radius 1 is 1.89 bits per heavy atom. The highest BCUT2D eigenvalue weighted by atomic mass is 32.1. The average molecular weight is 143 g/mol. The van der Waals surface area contributed by atoms with Gasteiger partial charge in [-0.1, -0.05) is 6.08 Å². The highest BCUT2D eigenvalue weighted by molar-refractivity contribution is 7.78. The van der Waals surface area contributed by atoms with Gasteiger partial charge in [-0.15, -0.1) is 6.58 Å². The topological polar surface area (TPSA) is 32.6 Å². The minimum absolute atomic E-state index is 0.329. The molecule has 9 heavy (non-hydrogen) atoms. The van der Waals surface area contributed by atoms with Crippen molar-refractivity contribution in [2.24, 2.45) is 4.99 Å². The first-order chi connectivity index (χ1) is 4.31. The molecule has 0 saturated heterocycles. The molecule has 0 radical (unpaired) electrons. The van der Waals surface area contributed by atoms with Gasteiger partial charge in [-0.05, 0) is 18.6 Å². The molecule has 0 bridgehead atoms. The molecule has 0 aliphatic heterocycles. The molecule has 0 amide bonds. The first-order valence-electron chi connectivity index (χ1n) is 2.64. The molecule has 0 aliphatic rings. The lowest BCUT2D eigenvalue weighted by atomic mass is 10.2. The van der Waals surface area contributed by atoms with Crippen LogP contribution in [0.3, 0.4) is 0 Å². The first-order valence-corrected chi connectivity index (χ1v) is 3.04. The van der Waals surface area contributed by atoms with Gasteiger partial charge < -0.3 is 5.11 Å². The second-order valence-corrected chi connectivity index (χ2v) is 1.79. The maximum Gasteiger partial charge on any atom is 0.0777 e. The summed E-state index contributed by atoms with van der Waals surface area (Å²) in [5.41, 5.74) is 0. The summed E-state index contributed by atoms with van der Waals surface area (Å²) < 4.78 is 0. The minimum Gasteiger partial charge on any atom is -0.391 e. The maximum atomic E-state index is 8.93. The lowest BCUT2D eigenvalue weighted by Crippen LogP contribution is -2.08. The van der Waals surface area contributed by atoms with E-state index in [2.05, 4.69) is 29.0 Å². The number of aliphatic hydroxyl groups excluding tert-OH is 1. The zero-order valence-corrected chi connectivity index (χ0v) is 5.90. The Kier molecular flexibility index (Phi) is 5.32. The van der Waals surface area contributed by atoms with E-state index in [9.17, 15) is 0 Å². The fourth-order valence-corrected chi connectivity index (χ4v) is 0.484. The Morgan fingerprint density at radius 2 is 2.56 bits per heavy atom. The Hall–Kier alpha value is -0.500. The molecular formula is C6H9NOS. The predicted molar refractivity (Wildman–Crippen MR) is 40.7 cm³/mol. The molecule has 1 atom stereocenters. The van der Waals surface area contributed by atoms with Gasteiger partial charge in [0.05, 0.1) is 17.8 Å². The highest BCUT2D eigenvalue weighted by Crippen LogP contribution is 1.90. The van der Waals surface area contributed by atoms with Crippen molar-refractivity contribution in [3.05, 3.63) is 12.7 Å². The van der Waals surface area contributed by atoms with Crippen LogP contribution in [0.5, 0.6) is 0 Å². The van der Waals surface area contributed by atoms with E-state index in [4.69, 9.17) is 5.11 Å². The third-order valence-electron chi connectivity index (χ3n) is 0.805. The summed E-state index contributed by atoms with van der Waals surface area (Å²) in [4.78, 5) is 3.56. The summed E-state index contributed by atoms with van der Waals surface area (Å²) >= 11 is 4.30. The Morgan fingerprint density at radius 3 is 3.00 bits per heavy atom. The van der Waals surface area contributed by atoms with E-state index in [1.807, 2.05) is 0 Å². The van der Waals surface area contributed by atoms with Crippen LogP contribution in [-0.4, -0.2) is 22.9 Å². The molecule has 0 aliphatic carbocycles. The predicted octanol–water partition coefficient (Wildman–Crippen LogP) is 1.03. The van der Waals surface area contributed by atoms with Gasteiger partial charge in [0.25, 0.3) is 0 Å². The van der Waals surface area contributed by atoms with Crippen LogP contribution in [0.2, 0.25) is 0 Å². The summed E-state index contributed by atoms with van der Waals surface area (Å²) in [6.07, 6.45) is 1.75. The van der Waals surface area contributed by atoms with E-state index in [1.54, 1.807) is 6.08 Å². The van der Waals surface area contributed by atoms with Crippen molar-refractivity contribution >= 4 is 17.4 Å². The smallest absolute Gasteiger partial charge is 0.0777 e. The number of aliphatic hydroxyl groups is 1. The van der Waals surface area contributed by atoms with E-state index in [0.29, 0.717) is 13.0 Å². The average Bonchev–Trinajstić information content (AvgIpc) is 1.85. The SMILES string of the molecule is C=CCC(O)CN=C=S. The Labute approximate surface area is 59.9 Å². The van der Waals surface area contributed by atoms with E-state index in [-0.39, 0.29) is 0 Å². The third kappa shape index (κ3) is 5.37. The van der Waals surface area contributed by atoms with E-state index in [1.165, 1.54) is 0 Å². The lowest BCUT2D eigenvalue weighted by Gasteiger charge is -1.99. The Bertz CT molecular complexity index is 129. The molecule has 0 fully saturated rings. The number of hydrogen-bond donors (Lipinski definition) is 1. The van der Waals surface area contributed by atoms with Crippen LogP contribution in [-0.2, 0) is 0 Å². The molecule has 3 heteroatoms. The van der Waals surface area contributed by atoms with Crippen molar-refractivity contribution in [3.63, 3.8) is 0 Å². The molecule has 0 saturated carbocycles. The fourth-order valence-electron chi connectivity index (χ4n) is 0.410. The first kappa shape index (κ1) is 8.50. The molecule has 0 rings (SSSR count). The second-order valence-electron chi connectivity index (χ2n) is 1.61. The van der Waals surface area contributed by atoms with Gasteiger partial charge in [-0.3, -0.25) is 0 Å². The van der Waals surface area contributed by atoms with Gasteiger partial charge in [0, 0.05) is 0 Å². The van der Waals surface area contributed by atoms with Crippen LogP contribution in [0.1, 0.15) is 6.42 Å². The van der Waals surface area contributed by atoms with Crippen molar-refractivity contribution < 1.29 is 5.11 Å². The summed E-state index contributed by atoms with van der Waals surface area (Å²) in [7, 11) is 0. The number of nitrogens with zero attached hydrogens (tertiary/aromatic N) is 1. The van der Waals surface area contributed by atoms with Crippen molar-refractivity contribution in [3.8, 4) is 0 Å². The molecule has 0 spiro atoms. The van der Waals surface area contributed by atoms with Gasteiger partial charge in [-0.25, -0.2) is 4.99 Å². The van der Waals surface area contributed by atoms with Crippen LogP contribution in [0.15, 0.2) is 17.6 Å². The summed E-state index contributed by atoms with van der Waals surface area (Å²) in [6.45, 7) is 3.79. The van der Waals surface area contributed by atoms with Crippen LogP contribution in [0, 0.1) is 0 Å². The van der Waals surface area contributed by atoms with Crippen LogP contribution in [0.4, 0.5) is 0 Å². The number of isothiocyanates is 1. The van der Waals surface area contributed by atoms with Gasteiger partial charge in [0.1, 0.15) is 0 Å². The molecular weight excluding hydrogens is 134 g/mol. The summed E-state index contributed by atoms with van der Waals surface area (Å²) in [5.74, 6) is 0. The Balaban J connectivity index is 3.36. The molecule has 0 aromatic rings. The van der Waals surface area contributed by atoms with Crippen LogP contribution < -0.4 is 0 Å². The minimum atomic E-state index is -0.446. The normalized spacial score (nSPS) is 11.7. The van der Waals surface area contributed by atoms with Crippen molar-refractivity contribution in [2.45, 2.75) is 12.5 Å². The zero-order valence-electron chi connectivity index (χ0n) is 5.08. The maximum absolute atomic E-state index is 8.93. The second kappa shape index (κ2) is 5.63. The lowest BCUT2D eigenvalue weighted by molar-refractivity contribution is 0.187. The standard InChI is InChI=1S/C6H9NOS/c1-2-3-6(8)4-7-5-9/h2,6,8H,1,3-4H2. The molecule has 0 aromatic heterocycles. The molecule has 0 aromatic carbocycles. The number of thiocarbonyl (C=S) groups is 1.